The molecule has 3 amide bonds. The molecule has 180 valence electrons. The molecular formula is C21H20F2N4O6S. The summed E-state index contributed by atoms with van der Waals surface area (Å²) in [5.74, 6) is -0.559. The summed E-state index contributed by atoms with van der Waals surface area (Å²) < 4.78 is 39.7. The van der Waals surface area contributed by atoms with Gasteiger partial charge in [0.25, 0.3) is 5.91 Å². The second-order valence-electron chi connectivity index (χ2n) is 6.69. The van der Waals surface area contributed by atoms with Crippen LogP contribution < -0.4 is 25.4 Å². The first-order chi connectivity index (χ1) is 16.2. The Bertz CT molecular complexity index is 1180. The molecule has 2 aromatic heterocycles. The molecule has 0 atom stereocenters. The van der Waals surface area contributed by atoms with Crippen LogP contribution in [0.3, 0.4) is 0 Å². The molecule has 34 heavy (non-hydrogen) atoms. The lowest BCUT2D eigenvalue weighted by molar-refractivity contribution is -0.119. The van der Waals surface area contributed by atoms with Gasteiger partial charge in [-0.1, -0.05) is 0 Å². The fourth-order valence-corrected chi connectivity index (χ4v) is 3.41. The predicted octanol–water partition coefficient (Wildman–Crippen LogP) is 3.02. The average Bonchev–Trinajstić information content (AvgIpc) is 3.45. The van der Waals surface area contributed by atoms with E-state index in [0.717, 1.165) is 11.3 Å². The average molecular weight is 494 g/mol. The van der Waals surface area contributed by atoms with E-state index in [1.165, 1.54) is 32.2 Å². The van der Waals surface area contributed by atoms with Crippen molar-refractivity contribution in [3.8, 4) is 23.0 Å². The van der Waals surface area contributed by atoms with Crippen LogP contribution in [-0.2, 0) is 16.1 Å². The number of ether oxygens (including phenoxy) is 2. The molecule has 0 saturated heterocycles. The van der Waals surface area contributed by atoms with Gasteiger partial charge in [-0.2, -0.15) is 8.78 Å². The fraction of sp³-hybridized carbons (Fsp3) is 0.238. The van der Waals surface area contributed by atoms with E-state index >= 15 is 0 Å². The van der Waals surface area contributed by atoms with Gasteiger partial charge in [0.1, 0.15) is 11.5 Å². The Hall–Kier alpha value is -4.00. The smallest absolute Gasteiger partial charge is 0.387 e. The molecule has 3 N–H and O–H groups in total. The molecule has 0 bridgehead atoms. The first kappa shape index (κ1) is 24.6. The first-order valence-corrected chi connectivity index (χ1v) is 10.6. The van der Waals surface area contributed by atoms with Gasteiger partial charge < -0.3 is 29.8 Å². The van der Waals surface area contributed by atoms with Crippen molar-refractivity contribution in [2.45, 2.75) is 20.1 Å². The van der Waals surface area contributed by atoms with Crippen molar-refractivity contribution in [3.63, 3.8) is 0 Å². The Morgan fingerprint density at radius 2 is 1.94 bits per heavy atom. The van der Waals surface area contributed by atoms with Crippen molar-refractivity contribution in [2.75, 3.05) is 19.0 Å². The standard InChI is InChI=1S/C21H20F2N4O6S/c1-11(28)24-8-13-4-6-15(32-13)14-10-34-21(26-14)27-18(29)9-25-19(30)12-3-5-16(33-20(22)23)17(7-12)31-2/h3-7,10,20H,8-9H2,1-2H3,(H,24,28)(H,25,30)(H,26,27,29). The number of hydrogen-bond acceptors (Lipinski definition) is 8. The van der Waals surface area contributed by atoms with Crippen molar-refractivity contribution in [3.05, 3.63) is 47.0 Å². The molecule has 0 radical (unpaired) electrons. The Morgan fingerprint density at radius 3 is 2.65 bits per heavy atom. The van der Waals surface area contributed by atoms with Gasteiger partial charge in [-0.15, -0.1) is 11.3 Å². The minimum absolute atomic E-state index is 0.0501. The molecule has 0 aliphatic rings. The molecule has 2 heterocycles. The number of nitrogens with zero attached hydrogens (tertiary/aromatic N) is 1. The number of nitrogens with one attached hydrogen (secondary N) is 3. The summed E-state index contributed by atoms with van der Waals surface area (Å²) in [4.78, 5) is 39.8. The van der Waals surface area contributed by atoms with E-state index in [0.29, 0.717) is 22.3 Å². The lowest BCUT2D eigenvalue weighted by Crippen LogP contribution is -2.32. The number of benzene rings is 1. The van der Waals surface area contributed by atoms with E-state index in [2.05, 4.69) is 25.7 Å². The monoisotopic (exact) mass is 494 g/mol. The minimum atomic E-state index is -3.04. The summed E-state index contributed by atoms with van der Waals surface area (Å²) in [6.45, 7) is -1.74. The summed E-state index contributed by atoms with van der Waals surface area (Å²) >= 11 is 1.16. The largest absolute Gasteiger partial charge is 0.493 e. The molecule has 0 unspecified atom stereocenters. The van der Waals surface area contributed by atoms with Crippen LogP contribution in [0.15, 0.2) is 40.1 Å². The Labute approximate surface area is 196 Å². The number of carbonyl (C=O) groups excluding carboxylic acids is 3. The van der Waals surface area contributed by atoms with Gasteiger partial charge in [0.05, 0.1) is 20.2 Å². The zero-order valence-electron chi connectivity index (χ0n) is 18.0. The zero-order chi connectivity index (χ0) is 24.7. The molecule has 1 aromatic carbocycles. The normalized spacial score (nSPS) is 10.6. The van der Waals surface area contributed by atoms with Gasteiger partial charge in [0.15, 0.2) is 22.4 Å². The van der Waals surface area contributed by atoms with Crippen LogP contribution in [0.5, 0.6) is 11.5 Å². The van der Waals surface area contributed by atoms with Crippen LogP contribution in [-0.4, -0.2) is 43.0 Å². The van der Waals surface area contributed by atoms with Crippen LogP contribution >= 0.6 is 11.3 Å². The number of amides is 3. The number of alkyl halides is 2. The second kappa shape index (κ2) is 11.2. The first-order valence-electron chi connectivity index (χ1n) is 9.75. The summed E-state index contributed by atoms with van der Waals surface area (Å²) in [7, 11) is 1.25. The number of furan rings is 1. The Kier molecular flexibility index (Phi) is 8.14. The van der Waals surface area contributed by atoms with Gasteiger partial charge in [-0.3, -0.25) is 14.4 Å². The maximum Gasteiger partial charge on any atom is 0.387 e. The van der Waals surface area contributed by atoms with E-state index < -0.39 is 18.4 Å². The van der Waals surface area contributed by atoms with Crippen LogP contribution in [0.4, 0.5) is 13.9 Å². The maximum absolute atomic E-state index is 12.4. The van der Waals surface area contributed by atoms with Crippen LogP contribution in [0.2, 0.25) is 0 Å². The molecule has 3 aromatic rings. The SMILES string of the molecule is COc1cc(C(=O)NCC(=O)Nc2nc(-c3ccc(CNC(C)=O)o3)cs2)ccc1OC(F)F. The van der Waals surface area contributed by atoms with Crippen LogP contribution in [0, 0.1) is 0 Å². The predicted molar refractivity (Wildman–Crippen MR) is 118 cm³/mol. The van der Waals surface area contributed by atoms with Gasteiger partial charge in [-0.25, -0.2) is 4.98 Å². The molecule has 0 spiro atoms. The third-order valence-corrected chi connectivity index (χ3v) is 4.99. The van der Waals surface area contributed by atoms with E-state index in [-0.39, 0.29) is 36.1 Å². The van der Waals surface area contributed by atoms with Crippen molar-refractivity contribution in [1.82, 2.24) is 15.6 Å². The van der Waals surface area contributed by atoms with E-state index in [1.807, 2.05) is 0 Å². The number of thiazole rings is 1. The Morgan fingerprint density at radius 1 is 1.15 bits per heavy atom. The van der Waals surface area contributed by atoms with E-state index in [4.69, 9.17) is 9.15 Å². The van der Waals surface area contributed by atoms with Gasteiger partial charge in [0.2, 0.25) is 11.8 Å². The summed E-state index contributed by atoms with van der Waals surface area (Å²) in [5, 5.41) is 9.59. The zero-order valence-corrected chi connectivity index (χ0v) is 18.8. The van der Waals surface area contributed by atoms with Gasteiger partial charge >= 0.3 is 6.61 Å². The number of anilines is 1. The third kappa shape index (κ3) is 6.75. The number of hydrogen-bond donors (Lipinski definition) is 3. The van der Waals surface area contributed by atoms with E-state index in [1.54, 1.807) is 17.5 Å². The molecular weight excluding hydrogens is 474 g/mol. The highest BCUT2D eigenvalue weighted by molar-refractivity contribution is 7.14. The lowest BCUT2D eigenvalue weighted by Gasteiger charge is -2.11. The number of aromatic nitrogens is 1. The van der Waals surface area contributed by atoms with Crippen molar-refractivity contribution in [2.24, 2.45) is 0 Å². The lowest BCUT2D eigenvalue weighted by atomic mass is 10.2. The molecule has 10 nitrogen and oxygen atoms in total. The molecule has 0 fully saturated rings. The molecule has 3 rings (SSSR count). The highest BCUT2D eigenvalue weighted by Gasteiger charge is 2.16. The number of halogens is 2. The van der Waals surface area contributed by atoms with Crippen molar-refractivity contribution < 1.29 is 37.1 Å². The minimum Gasteiger partial charge on any atom is -0.493 e. The molecule has 0 saturated carbocycles. The summed E-state index contributed by atoms with van der Waals surface area (Å²) in [6.07, 6.45) is 0. The summed E-state index contributed by atoms with van der Waals surface area (Å²) in [6, 6.07) is 7.07. The highest BCUT2D eigenvalue weighted by atomic mass is 32.1. The highest BCUT2D eigenvalue weighted by Crippen LogP contribution is 2.29. The third-order valence-electron chi connectivity index (χ3n) is 4.23. The molecule has 0 aliphatic heterocycles. The van der Waals surface area contributed by atoms with Crippen molar-refractivity contribution >= 4 is 34.2 Å². The quantitative estimate of drug-likeness (QED) is 0.395. The van der Waals surface area contributed by atoms with Gasteiger partial charge in [0, 0.05) is 17.9 Å². The van der Waals surface area contributed by atoms with Crippen molar-refractivity contribution in [1.29, 1.82) is 0 Å². The number of carbonyl (C=O) groups is 3. The summed E-state index contributed by atoms with van der Waals surface area (Å²) in [5.41, 5.74) is 0.590. The number of rotatable bonds is 10. The van der Waals surface area contributed by atoms with Crippen LogP contribution in [0.25, 0.3) is 11.5 Å². The fourth-order valence-electron chi connectivity index (χ4n) is 2.69. The van der Waals surface area contributed by atoms with Gasteiger partial charge in [-0.05, 0) is 30.3 Å². The number of methoxy groups -OCH3 is 1. The second-order valence-corrected chi connectivity index (χ2v) is 7.55. The molecule has 13 heteroatoms. The molecule has 0 aliphatic carbocycles. The topological polar surface area (TPSA) is 132 Å². The van der Waals surface area contributed by atoms with E-state index in [9.17, 15) is 23.2 Å². The maximum atomic E-state index is 12.4. The Balaban J connectivity index is 1.53. The van der Waals surface area contributed by atoms with Crippen LogP contribution in [0.1, 0.15) is 23.0 Å².